The van der Waals surface area contributed by atoms with Crippen LogP contribution in [0.25, 0.3) is 0 Å². The van der Waals surface area contributed by atoms with E-state index in [0.717, 1.165) is 6.42 Å². The average Bonchev–Trinajstić information content (AvgIpc) is 2.33. The number of rotatable bonds is 10. The summed E-state index contributed by atoms with van der Waals surface area (Å²) in [7, 11) is 1.60. The molecule has 3 heteroatoms. The molecule has 0 rings (SSSR count). The third-order valence-corrected chi connectivity index (χ3v) is 3.59. The standard InChI is InChI=1S/C14H27NO2/c1-5-6-7-8-9-10-11-13(2)14(3,17-4)15-12-16/h13H,5-11H2,1-4H3. The molecule has 0 fully saturated rings. The van der Waals surface area contributed by atoms with E-state index in [9.17, 15) is 4.79 Å². The lowest BCUT2D eigenvalue weighted by Crippen LogP contribution is -2.32. The maximum Gasteiger partial charge on any atom is 0.237 e. The van der Waals surface area contributed by atoms with Crippen molar-refractivity contribution in [3.05, 3.63) is 0 Å². The smallest absolute Gasteiger partial charge is 0.237 e. The van der Waals surface area contributed by atoms with E-state index in [4.69, 9.17) is 4.74 Å². The summed E-state index contributed by atoms with van der Waals surface area (Å²) in [4.78, 5) is 14.1. The Balaban J connectivity index is 3.83. The summed E-state index contributed by atoms with van der Waals surface area (Å²) >= 11 is 0. The van der Waals surface area contributed by atoms with Crippen molar-refractivity contribution in [1.29, 1.82) is 0 Å². The van der Waals surface area contributed by atoms with Crippen molar-refractivity contribution in [3.8, 4) is 0 Å². The Labute approximate surface area is 106 Å². The van der Waals surface area contributed by atoms with Crippen molar-refractivity contribution in [2.45, 2.75) is 71.4 Å². The van der Waals surface area contributed by atoms with E-state index in [2.05, 4.69) is 18.8 Å². The third kappa shape index (κ3) is 6.60. The van der Waals surface area contributed by atoms with Crippen LogP contribution in [0.2, 0.25) is 0 Å². The highest BCUT2D eigenvalue weighted by atomic mass is 16.5. The van der Waals surface area contributed by atoms with Gasteiger partial charge in [0.25, 0.3) is 0 Å². The van der Waals surface area contributed by atoms with Crippen LogP contribution >= 0.6 is 0 Å². The second-order valence-corrected chi connectivity index (χ2v) is 4.92. The molecular formula is C14H27NO2. The van der Waals surface area contributed by atoms with Gasteiger partial charge < -0.3 is 4.74 Å². The number of unbranched alkanes of at least 4 members (excludes halogenated alkanes) is 5. The SMILES string of the molecule is CCCCCCCCC(C)C(C)(N=C=O)OC. The van der Waals surface area contributed by atoms with Gasteiger partial charge in [0.15, 0.2) is 5.72 Å². The van der Waals surface area contributed by atoms with Gasteiger partial charge in [0.05, 0.1) is 0 Å². The highest BCUT2D eigenvalue weighted by Gasteiger charge is 2.29. The Morgan fingerprint density at radius 3 is 2.35 bits per heavy atom. The molecule has 0 aliphatic rings. The normalized spacial score (nSPS) is 16.0. The molecule has 3 nitrogen and oxygen atoms in total. The fraction of sp³-hybridized carbons (Fsp3) is 0.929. The van der Waals surface area contributed by atoms with Crippen molar-refractivity contribution < 1.29 is 9.53 Å². The van der Waals surface area contributed by atoms with Gasteiger partial charge in [-0.05, 0) is 13.3 Å². The Hall–Kier alpha value is -0.660. The number of aliphatic imine (C=N–C) groups is 1. The average molecular weight is 241 g/mol. The zero-order chi connectivity index (χ0) is 13.1. The molecule has 0 aromatic carbocycles. The van der Waals surface area contributed by atoms with Crippen molar-refractivity contribution in [2.75, 3.05) is 7.11 Å². The number of hydrogen-bond acceptors (Lipinski definition) is 3. The lowest BCUT2D eigenvalue weighted by Gasteiger charge is -2.28. The minimum Gasteiger partial charge on any atom is -0.356 e. The van der Waals surface area contributed by atoms with Crippen LogP contribution in [0.1, 0.15) is 65.7 Å². The third-order valence-electron chi connectivity index (χ3n) is 3.59. The van der Waals surface area contributed by atoms with E-state index in [1.165, 1.54) is 38.5 Å². The van der Waals surface area contributed by atoms with Gasteiger partial charge in [-0.2, -0.15) is 4.99 Å². The quantitative estimate of drug-likeness (QED) is 0.328. The predicted octanol–water partition coefficient (Wildman–Crippen LogP) is 4.07. The van der Waals surface area contributed by atoms with Gasteiger partial charge in [-0.15, -0.1) is 0 Å². The first-order valence-corrected chi connectivity index (χ1v) is 6.75. The fourth-order valence-electron chi connectivity index (χ4n) is 1.95. The Bertz CT molecular complexity index is 236. The summed E-state index contributed by atoms with van der Waals surface area (Å²) in [6, 6.07) is 0. The molecule has 0 radical (unpaired) electrons. The van der Waals surface area contributed by atoms with E-state index in [1.54, 1.807) is 13.2 Å². The first kappa shape index (κ1) is 16.3. The van der Waals surface area contributed by atoms with E-state index < -0.39 is 5.72 Å². The first-order valence-electron chi connectivity index (χ1n) is 6.75. The van der Waals surface area contributed by atoms with E-state index in [1.807, 2.05) is 6.92 Å². The molecule has 0 bridgehead atoms. The number of carbonyl (C=O) groups excluding carboxylic acids is 1. The van der Waals surface area contributed by atoms with Crippen LogP contribution < -0.4 is 0 Å². The molecule has 0 aliphatic carbocycles. The van der Waals surface area contributed by atoms with Crippen molar-refractivity contribution in [3.63, 3.8) is 0 Å². The molecule has 2 unspecified atom stereocenters. The largest absolute Gasteiger partial charge is 0.356 e. The summed E-state index contributed by atoms with van der Waals surface area (Å²) in [6.45, 7) is 6.15. The van der Waals surface area contributed by atoms with Crippen LogP contribution in [-0.4, -0.2) is 18.9 Å². The van der Waals surface area contributed by atoms with Gasteiger partial charge in [0, 0.05) is 13.0 Å². The maximum absolute atomic E-state index is 10.4. The number of nitrogens with zero attached hydrogens (tertiary/aromatic N) is 1. The predicted molar refractivity (Wildman–Crippen MR) is 70.7 cm³/mol. The molecule has 0 N–H and O–H groups in total. The first-order chi connectivity index (χ1) is 8.10. The topological polar surface area (TPSA) is 38.7 Å². The highest BCUT2D eigenvalue weighted by Crippen LogP contribution is 2.27. The lowest BCUT2D eigenvalue weighted by atomic mass is 9.93. The molecule has 0 spiro atoms. The molecule has 0 saturated carbocycles. The van der Waals surface area contributed by atoms with E-state index in [0.29, 0.717) is 0 Å². The maximum atomic E-state index is 10.4. The Kier molecular flexibility index (Phi) is 9.01. The molecule has 0 aliphatic heterocycles. The highest BCUT2D eigenvalue weighted by molar-refractivity contribution is 5.34. The summed E-state index contributed by atoms with van der Waals surface area (Å²) in [5.41, 5.74) is -0.703. The Morgan fingerprint density at radius 1 is 1.24 bits per heavy atom. The summed E-state index contributed by atoms with van der Waals surface area (Å²) in [5, 5.41) is 0. The van der Waals surface area contributed by atoms with Crippen LogP contribution in [0.15, 0.2) is 4.99 Å². The van der Waals surface area contributed by atoms with Crippen molar-refractivity contribution >= 4 is 6.08 Å². The van der Waals surface area contributed by atoms with Crippen LogP contribution in [-0.2, 0) is 9.53 Å². The summed E-state index contributed by atoms with van der Waals surface area (Å²) in [5.74, 6) is 0.250. The van der Waals surface area contributed by atoms with Gasteiger partial charge in [0.2, 0.25) is 6.08 Å². The molecule has 0 heterocycles. The van der Waals surface area contributed by atoms with Crippen molar-refractivity contribution in [2.24, 2.45) is 10.9 Å². The molecule has 2 atom stereocenters. The second kappa shape index (κ2) is 9.38. The number of isocyanates is 1. The van der Waals surface area contributed by atoms with Crippen molar-refractivity contribution in [1.82, 2.24) is 0 Å². The van der Waals surface area contributed by atoms with Gasteiger partial charge >= 0.3 is 0 Å². The second-order valence-electron chi connectivity index (χ2n) is 4.92. The molecule has 100 valence electrons. The zero-order valence-corrected chi connectivity index (χ0v) is 11.8. The minimum atomic E-state index is -0.703. The molecule has 0 amide bonds. The number of ether oxygens (including phenoxy) is 1. The molecule has 0 saturated heterocycles. The van der Waals surface area contributed by atoms with Gasteiger partial charge in [-0.3, -0.25) is 0 Å². The number of methoxy groups -OCH3 is 1. The monoisotopic (exact) mass is 241 g/mol. The molecule has 0 aromatic rings. The van der Waals surface area contributed by atoms with Crippen LogP contribution in [0.4, 0.5) is 0 Å². The van der Waals surface area contributed by atoms with Gasteiger partial charge in [0.1, 0.15) is 0 Å². The van der Waals surface area contributed by atoms with E-state index >= 15 is 0 Å². The fourth-order valence-corrected chi connectivity index (χ4v) is 1.95. The lowest BCUT2D eigenvalue weighted by molar-refractivity contribution is -0.0333. The van der Waals surface area contributed by atoms with Crippen LogP contribution in [0, 0.1) is 5.92 Å². The van der Waals surface area contributed by atoms with Gasteiger partial charge in [-0.1, -0.05) is 52.4 Å². The molecule has 0 aromatic heterocycles. The van der Waals surface area contributed by atoms with E-state index in [-0.39, 0.29) is 5.92 Å². The summed E-state index contributed by atoms with van der Waals surface area (Å²) < 4.78 is 5.31. The van der Waals surface area contributed by atoms with Crippen LogP contribution in [0.5, 0.6) is 0 Å². The van der Waals surface area contributed by atoms with Gasteiger partial charge in [-0.25, -0.2) is 4.79 Å². The molecular weight excluding hydrogens is 214 g/mol. The zero-order valence-electron chi connectivity index (χ0n) is 11.8. The number of hydrogen-bond donors (Lipinski definition) is 0. The van der Waals surface area contributed by atoms with Crippen LogP contribution in [0.3, 0.4) is 0 Å². The Morgan fingerprint density at radius 2 is 1.82 bits per heavy atom. The minimum absolute atomic E-state index is 0.250. The molecule has 17 heavy (non-hydrogen) atoms. The summed E-state index contributed by atoms with van der Waals surface area (Å²) in [6.07, 6.45) is 10.3.